The van der Waals surface area contributed by atoms with E-state index >= 15 is 0 Å². The number of aliphatic hydroxyl groups is 1. The van der Waals surface area contributed by atoms with E-state index in [9.17, 15) is 4.79 Å². The molecule has 2 aliphatic heterocycles. The van der Waals surface area contributed by atoms with Gasteiger partial charge in [-0.05, 0) is 23.1 Å². The molecule has 0 saturated carbocycles. The summed E-state index contributed by atoms with van der Waals surface area (Å²) in [6, 6.07) is 19.6. The summed E-state index contributed by atoms with van der Waals surface area (Å²) >= 11 is 0. The second-order valence-electron chi connectivity index (χ2n) is 7.13. The first kappa shape index (κ1) is 17.2. The number of hydrogen-bond donors (Lipinski definition) is 3. The number of rotatable bonds is 4. The van der Waals surface area contributed by atoms with E-state index in [-0.39, 0.29) is 25.0 Å². The number of piperidine rings is 1. The molecule has 2 heterocycles. The summed E-state index contributed by atoms with van der Waals surface area (Å²) in [6.45, 7) is 1.41. The minimum Gasteiger partial charge on any atom is -0.396 e. The second kappa shape index (κ2) is 7.58. The van der Waals surface area contributed by atoms with Crippen LogP contribution in [0.25, 0.3) is 11.1 Å². The van der Waals surface area contributed by atoms with Gasteiger partial charge in [0, 0.05) is 31.5 Å². The molecule has 3 atom stereocenters. The highest BCUT2D eigenvalue weighted by Gasteiger charge is 2.41. The molecule has 1 amide bonds. The van der Waals surface area contributed by atoms with Gasteiger partial charge in [-0.2, -0.15) is 0 Å². The molecule has 2 aromatic carbocycles. The molecule has 3 unspecified atom stereocenters. The lowest BCUT2D eigenvalue weighted by molar-refractivity contribution is -0.133. The summed E-state index contributed by atoms with van der Waals surface area (Å²) in [5.41, 5.74) is 10.5. The number of hydrazine groups is 1. The highest BCUT2D eigenvalue weighted by Crippen LogP contribution is 2.34. The summed E-state index contributed by atoms with van der Waals surface area (Å²) in [7, 11) is 0. The van der Waals surface area contributed by atoms with Crippen molar-refractivity contribution in [1.29, 1.82) is 0 Å². The fraction of sp³-hybridized carbons (Fsp3) is 0.381. The first-order chi connectivity index (χ1) is 12.8. The zero-order valence-corrected chi connectivity index (χ0v) is 14.8. The van der Waals surface area contributed by atoms with Gasteiger partial charge in [-0.3, -0.25) is 10.2 Å². The van der Waals surface area contributed by atoms with Crippen molar-refractivity contribution in [3.8, 4) is 11.1 Å². The maximum Gasteiger partial charge on any atom is 0.224 e. The van der Waals surface area contributed by atoms with Crippen LogP contribution < -0.4 is 10.9 Å². The first-order valence-corrected chi connectivity index (χ1v) is 9.31. The third kappa shape index (κ3) is 3.38. The van der Waals surface area contributed by atoms with E-state index in [2.05, 4.69) is 59.4 Å². The minimum absolute atomic E-state index is 0.0519. The van der Waals surface area contributed by atoms with Crippen LogP contribution in [0.15, 0.2) is 54.6 Å². The smallest absolute Gasteiger partial charge is 0.224 e. The third-order valence-electron chi connectivity index (χ3n) is 5.57. The first-order valence-electron chi connectivity index (χ1n) is 9.31. The third-order valence-corrected chi connectivity index (χ3v) is 5.57. The molecule has 0 aromatic heterocycles. The fourth-order valence-electron chi connectivity index (χ4n) is 4.13. The van der Waals surface area contributed by atoms with E-state index in [4.69, 9.17) is 5.11 Å². The number of amides is 1. The number of aliphatic hydroxyl groups excluding tert-OH is 1. The number of fused-ring (bicyclic) bond motifs is 1. The van der Waals surface area contributed by atoms with Gasteiger partial charge in [-0.15, -0.1) is 0 Å². The van der Waals surface area contributed by atoms with Crippen molar-refractivity contribution >= 4 is 5.91 Å². The summed E-state index contributed by atoms with van der Waals surface area (Å²) in [5, 5.41) is 9.03. The standard InChI is InChI=1S/C21H25N3O2/c25-13-11-20(26)24-12-10-19-18(14-24)21(23-22-19)17-8-6-16(7-9-17)15-4-2-1-3-5-15/h1-9,18-19,21-23,25H,10-14H2. The summed E-state index contributed by atoms with van der Waals surface area (Å²) in [6.07, 6.45) is 1.15. The lowest BCUT2D eigenvalue weighted by Crippen LogP contribution is -2.48. The molecule has 0 aliphatic carbocycles. The van der Waals surface area contributed by atoms with Crippen molar-refractivity contribution in [2.75, 3.05) is 19.7 Å². The number of nitrogens with zero attached hydrogens (tertiary/aromatic N) is 1. The van der Waals surface area contributed by atoms with Gasteiger partial charge in [-0.25, -0.2) is 5.43 Å². The molecule has 3 N–H and O–H groups in total. The zero-order chi connectivity index (χ0) is 17.9. The Morgan fingerprint density at radius 2 is 1.77 bits per heavy atom. The molecule has 5 heteroatoms. The van der Waals surface area contributed by atoms with Crippen LogP contribution in [-0.4, -0.2) is 41.7 Å². The van der Waals surface area contributed by atoms with Crippen molar-refractivity contribution < 1.29 is 9.90 Å². The molecular formula is C21H25N3O2. The molecular weight excluding hydrogens is 326 g/mol. The second-order valence-corrected chi connectivity index (χ2v) is 7.13. The van der Waals surface area contributed by atoms with Gasteiger partial charge in [-0.1, -0.05) is 54.6 Å². The van der Waals surface area contributed by atoms with Gasteiger partial charge in [0.1, 0.15) is 0 Å². The summed E-state index contributed by atoms with van der Waals surface area (Å²) < 4.78 is 0. The molecule has 26 heavy (non-hydrogen) atoms. The molecule has 136 valence electrons. The fourth-order valence-corrected chi connectivity index (χ4v) is 4.13. The quantitative estimate of drug-likeness (QED) is 0.789. The highest BCUT2D eigenvalue weighted by atomic mass is 16.3. The van der Waals surface area contributed by atoms with Crippen LogP contribution >= 0.6 is 0 Å². The van der Waals surface area contributed by atoms with Crippen molar-refractivity contribution in [3.05, 3.63) is 60.2 Å². The summed E-state index contributed by atoms with van der Waals surface area (Å²) in [4.78, 5) is 14.1. The summed E-state index contributed by atoms with van der Waals surface area (Å²) in [5.74, 6) is 0.394. The molecule has 2 fully saturated rings. The Kier molecular flexibility index (Phi) is 5.02. The van der Waals surface area contributed by atoms with Gasteiger partial charge in [0.05, 0.1) is 12.6 Å². The predicted molar refractivity (Wildman–Crippen MR) is 101 cm³/mol. The Bertz CT molecular complexity index is 748. The normalized spacial score (nSPS) is 25.1. The van der Waals surface area contributed by atoms with Crippen LogP contribution in [0.1, 0.15) is 24.4 Å². The van der Waals surface area contributed by atoms with Gasteiger partial charge in [0.15, 0.2) is 0 Å². The maximum absolute atomic E-state index is 12.2. The molecule has 2 aliphatic rings. The average Bonchev–Trinajstić information content (AvgIpc) is 3.12. The number of benzene rings is 2. The monoisotopic (exact) mass is 351 g/mol. The number of nitrogens with one attached hydrogen (secondary N) is 2. The van der Waals surface area contributed by atoms with Crippen molar-refractivity contribution in [3.63, 3.8) is 0 Å². The van der Waals surface area contributed by atoms with Gasteiger partial charge in [0.2, 0.25) is 5.91 Å². The Balaban J connectivity index is 1.50. The van der Waals surface area contributed by atoms with Crippen LogP contribution in [0.4, 0.5) is 0 Å². The number of likely N-dealkylation sites (tertiary alicyclic amines) is 1. The number of carbonyl (C=O) groups excluding carboxylic acids is 1. The van der Waals surface area contributed by atoms with Gasteiger partial charge < -0.3 is 10.0 Å². The Labute approximate surface area is 154 Å². The van der Waals surface area contributed by atoms with Gasteiger partial charge >= 0.3 is 0 Å². The molecule has 2 saturated heterocycles. The van der Waals surface area contributed by atoms with Crippen molar-refractivity contribution in [2.24, 2.45) is 5.92 Å². The largest absolute Gasteiger partial charge is 0.396 e. The molecule has 4 rings (SSSR count). The van der Waals surface area contributed by atoms with Crippen LogP contribution in [0.2, 0.25) is 0 Å². The maximum atomic E-state index is 12.2. The van der Waals surface area contributed by atoms with E-state index in [1.54, 1.807) is 0 Å². The number of hydrogen-bond acceptors (Lipinski definition) is 4. The topological polar surface area (TPSA) is 64.6 Å². The van der Waals surface area contributed by atoms with Crippen LogP contribution in [0.5, 0.6) is 0 Å². The molecule has 0 spiro atoms. The van der Waals surface area contributed by atoms with Crippen LogP contribution in [0.3, 0.4) is 0 Å². The minimum atomic E-state index is -0.0791. The van der Waals surface area contributed by atoms with Crippen LogP contribution in [0, 0.1) is 5.92 Å². The Morgan fingerprint density at radius 1 is 1.04 bits per heavy atom. The molecule has 5 nitrogen and oxygen atoms in total. The van der Waals surface area contributed by atoms with E-state index < -0.39 is 0 Å². The van der Waals surface area contributed by atoms with E-state index in [1.807, 2.05) is 11.0 Å². The van der Waals surface area contributed by atoms with E-state index in [0.29, 0.717) is 12.0 Å². The average molecular weight is 351 g/mol. The Hall–Kier alpha value is -2.21. The molecule has 0 bridgehead atoms. The van der Waals surface area contributed by atoms with E-state index in [0.717, 1.165) is 19.5 Å². The highest BCUT2D eigenvalue weighted by molar-refractivity contribution is 5.76. The Morgan fingerprint density at radius 3 is 2.50 bits per heavy atom. The zero-order valence-electron chi connectivity index (χ0n) is 14.8. The van der Waals surface area contributed by atoms with E-state index in [1.165, 1.54) is 16.7 Å². The van der Waals surface area contributed by atoms with Crippen molar-refractivity contribution in [1.82, 2.24) is 15.8 Å². The lowest BCUT2D eigenvalue weighted by Gasteiger charge is -2.36. The van der Waals surface area contributed by atoms with Crippen LogP contribution in [-0.2, 0) is 4.79 Å². The predicted octanol–water partition coefficient (Wildman–Crippen LogP) is 2.10. The lowest BCUT2D eigenvalue weighted by atomic mass is 9.84. The molecule has 0 radical (unpaired) electrons. The molecule has 2 aromatic rings. The van der Waals surface area contributed by atoms with Gasteiger partial charge in [0.25, 0.3) is 0 Å². The van der Waals surface area contributed by atoms with Crippen molar-refractivity contribution in [2.45, 2.75) is 24.9 Å². The number of carbonyl (C=O) groups is 1. The SMILES string of the molecule is O=C(CCO)N1CCC2NNC(c3ccc(-c4ccccc4)cc3)C2C1.